The van der Waals surface area contributed by atoms with Gasteiger partial charge in [0.25, 0.3) is 0 Å². The lowest BCUT2D eigenvalue weighted by molar-refractivity contribution is -0.134. The summed E-state index contributed by atoms with van der Waals surface area (Å²) in [6.45, 7) is 3.68. The fourth-order valence-electron chi connectivity index (χ4n) is 2.28. The summed E-state index contributed by atoms with van der Waals surface area (Å²) < 4.78 is 5.53. The number of carbonyl (C=O) groups excluding carboxylic acids is 1. The number of ether oxygens (including phenoxy) is 1. The molecule has 2 aromatic rings. The highest BCUT2D eigenvalue weighted by molar-refractivity contribution is 7.10. The molecule has 0 spiro atoms. The fourth-order valence-corrected chi connectivity index (χ4v) is 3.56. The molecule has 3 rings (SSSR count). The standard InChI is InChI=1S/C15H16N2O2S2/c1-11-16-13(10-21-11)14-9-19-7-6-17(14)15(18)5-4-12-3-2-8-20-12/h2-5,8,10,14H,6-7,9H2,1H3/b5-4+. The summed E-state index contributed by atoms with van der Waals surface area (Å²) in [6, 6.07) is 3.89. The largest absolute Gasteiger partial charge is 0.377 e. The van der Waals surface area contributed by atoms with Crippen molar-refractivity contribution in [3.8, 4) is 0 Å². The Morgan fingerprint density at radius 3 is 3.14 bits per heavy atom. The molecule has 0 aromatic carbocycles. The number of thiazole rings is 1. The lowest BCUT2D eigenvalue weighted by Gasteiger charge is -2.34. The molecule has 21 heavy (non-hydrogen) atoms. The van der Waals surface area contributed by atoms with Crippen molar-refractivity contribution < 1.29 is 9.53 Å². The van der Waals surface area contributed by atoms with Crippen LogP contribution in [0.4, 0.5) is 0 Å². The first-order valence-corrected chi connectivity index (χ1v) is 8.52. The third kappa shape index (κ3) is 3.40. The summed E-state index contributed by atoms with van der Waals surface area (Å²) in [5, 5.41) is 5.02. The van der Waals surface area contributed by atoms with Crippen LogP contribution in [0.25, 0.3) is 6.08 Å². The molecule has 1 amide bonds. The van der Waals surface area contributed by atoms with Gasteiger partial charge in [0.1, 0.15) is 0 Å². The normalized spacial score (nSPS) is 19.3. The second-order valence-corrected chi connectivity index (χ2v) is 6.80. The monoisotopic (exact) mass is 320 g/mol. The molecule has 1 saturated heterocycles. The number of hydrogen-bond donors (Lipinski definition) is 0. The molecular weight excluding hydrogens is 304 g/mol. The first-order valence-electron chi connectivity index (χ1n) is 6.76. The Bertz CT molecular complexity index is 634. The van der Waals surface area contributed by atoms with E-state index in [1.807, 2.05) is 40.8 Å². The van der Waals surface area contributed by atoms with Gasteiger partial charge in [-0.25, -0.2) is 4.98 Å². The zero-order chi connectivity index (χ0) is 14.7. The van der Waals surface area contributed by atoms with Crippen LogP contribution < -0.4 is 0 Å². The van der Waals surface area contributed by atoms with E-state index in [0.29, 0.717) is 19.8 Å². The number of aryl methyl sites for hydroxylation is 1. The highest BCUT2D eigenvalue weighted by Gasteiger charge is 2.29. The number of nitrogens with zero attached hydrogens (tertiary/aromatic N) is 2. The SMILES string of the molecule is Cc1nc(C2COCCN2C(=O)/C=C/c2cccs2)cs1. The summed E-state index contributed by atoms with van der Waals surface area (Å²) in [5.41, 5.74) is 0.926. The number of aromatic nitrogens is 1. The molecule has 4 nitrogen and oxygen atoms in total. The third-order valence-electron chi connectivity index (χ3n) is 3.32. The Morgan fingerprint density at radius 2 is 2.43 bits per heavy atom. The van der Waals surface area contributed by atoms with E-state index < -0.39 is 0 Å². The molecule has 0 bridgehead atoms. The van der Waals surface area contributed by atoms with E-state index >= 15 is 0 Å². The maximum absolute atomic E-state index is 12.4. The van der Waals surface area contributed by atoms with Gasteiger partial charge in [-0.3, -0.25) is 4.79 Å². The molecule has 1 fully saturated rings. The van der Waals surface area contributed by atoms with Crippen LogP contribution in [0.1, 0.15) is 21.6 Å². The van der Waals surface area contributed by atoms with Gasteiger partial charge in [0.15, 0.2) is 0 Å². The second-order valence-electron chi connectivity index (χ2n) is 4.76. The van der Waals surface area contributed by atoms with Crippen molar-refractivity contribution in [2.24, 2.45) is 0 Å². The Kier molecular flexibility index (Phi) is 4.48. The predicted octanol–water partition coefficient (Wildman–Crippen LogP) is 3.13. The van der Waals surface area contributed by atoms with Gasteiger partial charge >= 0.3 is 0 Å². The maximum atomic E-state index is 12.4. The van der Waals surface area contributed by atoms with Crippen molar-refractivity contribution in [3.05, 3.63) is 44.5 Å². The van der Waals surface area contributed by atoms with Gasteiger partial charge in [-0.2, -0.15) is 0 Å². The Morgan fingerprint density at radius 1 is 1.52 bits per heavy atom. The van der Waals surface area contributed by atoms with Crippen molar-refractivity contribution in [1.29, 1.82) is 0 Å². The van der Waals surface area contributed by atoms with Crippen LogP contribution in [-0.4, -0.2) is 35.5 Å². The number of morpholine rings is 1. The van der Waals surface area contributed by atoms with Crippen LogP contribution >= 0.6 is 22.7 Å². The van der Waals surface area contributed by atoms with Gasteiger partial charge in [-0.05, 0) is 24.4 Å². The van der Waals surface area contributed by atoms with Gasteiger partial charge < -0.3 is 9.64 Å². The smallest absolute Gasteiger partial charge is 0.247 e. The zero-order valence-corrected chi connectivity index (χ0v) is 13.3. The topological polar surface area (TPSA) is 42.4 Å². The first-order chi connectivity index (χ1) is 10.2. The van der Waals surface area contributed by atoms with Crippen LogP contribution in [0.2, 0.25) is 0 Å². The third-order valence-corrected chi connectivity index (χ3v) is 4.95. The number of hydrogen-bond acceptors (Lipinski definition) is 5. The summed E-state index contributed by atoms with van der Waals surface area (Å²) in [5.74, 6) is 0.0161. The Labute approximate surface area is 131 Å². The molecule has 1 aliphatic rings. The van der Waals surface area contributed by atoms with Crippen LogP contribution in [0.15, 0.2) is 29.0 Å². The van der Waals surface area contributed by atoms with E-state index in [2.05, 4.69) is 4.98 Å². The molecule has 0 aliphatic carbocycles. The molecule has 110 valence electrons. The molecule has 2 aromatic heterocycles. The van der Waals surface area contributed by atoms with E-state index in [4.69, 9.17) is 4.74 Å². The minimum atomic E-state index is -0.0795. The number of carbonyl (C=O) groups is 1. The summed E-state index contributed by atoms with van der Waals surface area (Å²) in [6.07, 6.45) is 3.51. The zero-order valence-electron chi connectivity index (χ0n) is 11.7. The van der Waals surface area contributed by atoms with Crippen molar-refractivity contribution in [1.82, 2.24) is 9.88 Å². The molecule has 0 radical (unpaired) electrons. The van der Waals surface area contributed by atoms with E-state index in [9.17, 15) is 4.79 Å². The molecular formula is C15H16N2O2S2. The van der Waals surface area contributed by atoms with E-state index in [1.54, 1.807) is 28.7 Å². The summed E-state index contributed by atoms with van der Waals surface area (Å²) in [7, 11) is 0. The molecule has 1 unspecified atom stereocenters. The molecule has 0 N–H and O–H groups in total. The second kappa shape index (κ2) is 6.51. The van der Waals surface area contributed by atoms with Crippen LogP contribution in [-0.2, 0) is 9.53 Å². The Hall–Kier alpha value is -1.50. The fraction of sp³-hybridized carbons (Fsp3) is 0.333. The lowest BCUT2D eigenvalue weighted by Crippen LogP contribution is -2.42. The van der Waals surface area contributed by atoms with Gasteiger partial charge in [0.05, 0.1) is 30.0 Å². The van der Waals surface area contributed by atoms with E-state index in [0.717, 1.165) is 15.6 Å². The lowest BCUT2D eigenvalue weighted by atomic mass is 10.1. The van der Waals surface area contributed by atoms with Crippen molar-refractivity contribution in [2.75, 3.05) is 19.8 Å². The average Bonchev–Trinajstić information content (AvgIpc) is 3.16. The van der Waals surface area contributed by atoms with Gasteiger partial charge in [0, 0.05) is 22.9 Å². The molecule has 0 saturated carbocycles. The number of rotatable bonds is 3. The molecule has 1 atom stereocenters. The number of amides is 1. The van der Waals surface area contributed by atoms with Gasteiger partial charge in [-0.1, -0.05) is 6.07 Å². The predicted molar refractivity (Wildman–Crippen MR) is 85.5 cm³/mol. The summed E-state index contributed by atoms with van der Waals surface area (Å²) in [4.78, 5) is 19.9. The van der Waals surface area contributed by atoms with Crippen LogP contribution in [0.3, 0.4) is 0 Å². The highest BCUT2D eigenvalue weighted by atomic mass is 32.1. The first kappa shape index (κ1) is 14.4. The maximum Gasteiger partial charge on any atom is 0.247 e. The minimum absolute atomic E-state index is 0.0161. The van der Waals surface area contributed by atoms with Gasteiger partial charge in [0.2, 0.25) is 5.91 Å². The quantitative estimate of drug-likeness (QED) is 0.816. The minimum Gasteiger partial charge on any atom is -0.377 e. The van der Waals surface area contributed by atoms with Crippen LogP contribution in [0, 0.1) is 6.92 Å². The van der Waals surface area contributed by atoms with Crippen molar-refractivity contribution >= 4 is 34.7 Å². The van der Waals surface area contributed by atoms with Crippen LogP contribution in [0.5, 0.6) is 0 Å². The molecule has 1 aliphatic heterocycles. The van der Waals surface area contributed by atoms with E-state index in [1.165, 1.54) is 0 Å². The van der Waals surface area contributed by atoms with E-state index in [-0.39, 0.29) is 11.9 Å². The average molecular weight is 320 g/mol. The van der Waals surface area contributed by atoms with Crippen molar-refractivity contribution in [2.45, 2.75) is 13.0 Å². The summed E-state index contributed by atoms with van der Waals surface area (Å²) >= 11 is 3.22. The molecule has 6 heteroatoms. The molecule has 3 heterocycles. The highest BCUT2D eigenvalue weighted by Crippen LogP contribution is 2.26. The Balaban J connectivity index is 1.76. The number of thiophene rings is 1. The van der Waals surface area contributed by atoms with Gasteiger partial charge in [-0.15, -0.1) is 22.7 Å². The van der Waals surface area contributed by atoms with Crippen molar-refractivity contribution in [3.63, 3.8) is 0 Å².